The second kappa shape index (κ2) is 61.6. The van der Waals surface area contributed by atoms with Crippen molar-refractivity contribution in [3.05, 3.63) is 123 Å². The minimum absolute atomic E-state index is 0.00710. The molecule has 5 N–H and O–H groups in total. The van der Waals surface area contributed by atoms with E-state index in [2.05, 4.69) is 255 Å². The minimum atomic E-state index is -0.0276. The first-order chi connectivity index (χ1) is 67.1. The molecular weight excluding hydrogens is 1980 g/mol. The molecule has 828 valence electrons. The molecule has 0 amide bonds. The van der Waals surface area contributed by atoms with Gasteiger partial charge < -0.3 is 75.6 Å². The summed E-state index contributed by atoms with van der Waals surface area (Å²) in [4.78, 5) is 114. The molecule has 0 aliphatic heterocycles. The van der Waals surface area contributed by atoms with E-state index in [0.29, 0.717) is 90.8 Å². The van der Waals surface area contributed by atoms with Crippen molar-refractivity contribution in [2.24, 2.45) is 43.3 Å². The van der Waals surface area contributed by atoms with Gasteiger partial charge in [-0.3, -0.25) is 38.4 Å². The molecule has 0 heterocycles. The van der Waals surface area contributed by atoms with E-state index in [0.717, 1.165) is 242 Å². The Morgan fingerprint density at radius 2 is 0.473 bits per heavy atom. The van der Waals surface area contributed by atoms with Crippen LogP contribution in [0.4, 0.5) is 85.3 Å². The predicted octanol–water partition coefficient (Wildman–Crippen LogP) is 27.3. The first-order valence-electron chi connectivity index (χ1n) is 53.4. The second-order valence-corrected chi connectivity index (χ2v) is 52.4. The SMILES string of the molecule is CCN(C)c1c(N(C)CCCC(C)(C)C)c(=S)c1=O.CCN(C)c1c(NCCCC(C)(C)C)c(=S)c1=O.CCN(CC)c1c(N(C)CCCC(C)(C)C)c(=S)c1=O.CCN(CC)c1c(NCCCC(C)(C)C)c(=S)c1=O.CCNc1c(N(C)CCCC(C)(C)C)c(=S)c1=O.CN(C)c1c(N(C)CCCC(C)(C)C)c(=S)c1=O.CNc1c(CCCCCC(C)(C)C)c(=S)c1=O.CNc1c(N(C)CCCC(C)(C)C)c(=S)c1=O. The van der Waals surface area contributed by atoms with Crippen molar-refractivity contribution >= 4 is 183 Å². The van der Waals surface area contributed by atoms with Crippen LogP contribution in [-0.2, 0) is 6.42 Å². The highest BCUT2D eigenvalue weighted by Crippen LogP contribution is 2.38. The lowest BCUT2D eigenvalue weighted by Crippen LogP contribution is -2.36. The van der Waals surface area contributed by atoms with Crippen LogP contribution in [0.1, 0.15) is 336 Å². The molecule has 146 heavy (non-hydrogen) atoms. The monoisotopic (exact) mass is 2170 g/mol. The van der Waals surface area contributed by atoms with E-state index in [1.54, 1.807) is 14.1 Å². The number of hydrogen-bond acceptors (Lipinski definition) is 31. The number of anilines is 15. The van der Waals surface area contributed by atoms with Crippen molar-refractivity contribution in [2.75, 3.05) is 245 Å². The van der Waals surface area contributed by atoms with Crippen LogP contribution in [0.3, 0.4) is 0 Å². The highest BCUT2D eigenvalue weighted by molar-refractivity contribution is 7.73. The van der Waals surface area contributed by atoms with Gasteiger partial charge in [-0.1, -0.05) is 277 Å². The zero-order valence-corrected chi connectivity index (χ0v) is 105. The molecule has 0 aliphatic carbocycles. The summed E-state index contributed by atoms with van der Waals surface area (Å²) >= 11 is 41.1. The Balaban J connectivity index is 0.000000835. The number of nitrogens with zero attached hydrogens (tertiary/aromatic N) is 10. The zero-order valence-electron chi connectivity index (χ0n) is 98.8. The van der Waals surface area contributed by atoms with Crippen LogP contribution >= 0.6 is 97.7 Å². The molecular formula is C115H197N15O8S8. The fourth-order valence-electron chi connectivity index (χ4n) is 17.0. The normalized spacial score (nSPS) is 11.9. The average Bonchev–Trinajstić information content (AvgIpc) is 0.745. The third-order valence-electron chi connectivity index (χ3n) is 26.0. The fraction of sp³-hybridized carbons (Fsp3) is 0.722. The molecule has 0 saturated carbocycles. The standard InChI is InChI=1S/C16H28N2OS.2C15H26N2OS.3C14H24N2OS.C14H23NOS.C13H22N2OS/c1-7-18(8-2)12-13(15(20)14(12)19)17(6)11-9-10-16(3,4)5;1-7-16(5)11-12(14(19)13(11)18)17(6)10-8-9-15(2,3)4;1-6-17(7-2)12-11(14(19)13(12)18)16-10-8-9-15(3,4)5;1-14(2,3)8-7-9-16(6)11-10(15(4)5)12(17)13(11)18;1-6-16(5)11-10(13(18)12(11)17)15-9-7-8-14(2,3)4;1-6-15-10-11(13(18)12(10)17)16(5)9-7-8-14(2,3)4;1-14(2,3)9-7-5-6-8-10-11(15-4)12(16)13(10)17;1-13(2,3)7-6-8-15(5)10-9(14-4)11(16)12(10)17/h7-11H2,1-6H3;7-10H2,1-6H3;16H,6-10H2,1-5H3;7-9H2,1-6H3;2*15H,6-9H2,1-5H3;15H,5-9H2,1-4H3;14H,6-8H2,1-5H3. The van der Waals surface area contributed by atoms with Crippen LogP contribution in [0.5, 0.6) is 0 Å². The van der Waals surface area contributed by atoms with Crippen LogP contribution in [0.2, 0.25) is 0 Å². The Hall–Kier alpha value is -7.00. The van der Waals surface area contributed by atoms with Gasteiger partial charge in [0.1, 0.15) is 71.4 Å². The molecule has 0 aliphatic rings. The molecule has 8 aromatic rings. The van der Waals surface area contributed by atoms with E-state index in [4.69, 9.17) is 97.7 Å². The largest absolute Gasteiger partial charge is 0.385 e. The summed E-state index contributed by atoms with van der Waals surface area (Å²) in [6.07, 6.45) is 21.7. The van der Waals surface area contributed by atoms with Crippen molar-refractivity contribution in [1.29, 1.82) is 0 Å². The second-order valence-electron chi connectivity index (χ2n) is 49.1. The number of nitrogens with one attached hydrogen (secondary N) is 5. The van der Waals surface area contributed by atoms with E-state index < -0.39 is 0 Å². The summed E-state index contributed by atoms with van der Waals surface area (Å²) in [7, 11) is 21.3. The maximum Gasteiger partial charge on any atom is 0.224 e. The average molecular weight is 2170 g/mol. The first kappa shape index (κ1) is 137. The molecule has 8 aromatic carbocycles. The highest BCUT2D eigenvalue weighted by Gasteiger charge is 2.31. The predicted molar refractivity (Wildman–Crippen MR) is 666 cm³/mol. The van der Waals surface area contributed by atoms with Gasteiger partial charge in [0.05, 0.1) is 50.0 Å². The molecule has 0 aromatic heterocycles. The number of unbranched alkanes of at least 4 members (excludes halogenated alkanes) is 2. The van der Waals surface area contributed by atoms with Gasteiger partial charge in [-0.25, -0.2) is 0 Å². The molecule has 0 radical (unpaired) electrons. The third-order valence-corrected chi connectivity index (χ3v) is 29.1. The summed E-state index contributed by atoms with van der Waals surface area (Å²) in [6, 6.07) is 0. The summed E-state index contributed by atoms with van der Waals surface area (Å²) in [5.74, 6) is 0. The van der Waals surface area contributed by atoms with Crippen LogP contribution in [0.25, 0.3) is 0 Å². The Morgan fingerprint density at radius 3 is 0.795 bits per heavy atom. The van der Waals surface area contributed by atoms with E-state index in [9.17, 15) is 38.4 Å². The lowest BCUT2D eigenvalue weighted by Gasteiger charge is -2.31. The maximum absolute atomic E-state index is 12.0. The molecule has 0 spiro atoms. The van der Waals surface area contributed by atoms with E-state index >= 15 is 0 Å². The number of hydrogen-bond donors (Lipinski definition) is 5. The summed E-state index contributed by atoms with van der Waals surface area (Å²) in [5.41, 5.74) is 16.5. The van der Waals surface area contributed by atoms with Crippen molar-refractivity contribution in [1.82, 2.24) is 0 Å². The van der Waals surface area contributed by atoms with Gasteiger partial charge in [0.2, 0.25) is 43.4 Å². The molecule has 0 bridgehead atoms. The summed E-state index contributed by atoms with van der Waals surface area (Å²) in [5, 5.41) is 15.6. The van der Waals surface area contributed by atoms with E-state index in [-0.39, 0.29) is 43.4 Å². The van der Waals surface area contributed by atoms with Crippen molar-refractivity contribution in [3.63, 3.8) is 0 Å². The van der Waals surface area contributed by atoms with Gasteiger partial charge in [-0.2, -0.15) is 0 Å². The highest BCUT2D eigenvalue weighted by atomic mass is 32.1. The Kier molecular flexibility index (Phi) is 57.8. The van der Waals surface area contributed by atoms with Gasteiger partial charge in [0.25, 0.3) is 0 Å². The van der Waals surface area contributed by atoms with Crippen molar-refractivity contribution < 1.29 is 0 Å². The molecule has 0 atom stereocenters. The molecule has 0 unspecified atom stereocenters. The molecule has 31 heteroatoms. The molecule has 0 saturated heterocycles. The van der Waals surface area contributed by atoms with Crippen LogP contribution in [-0.4, -0.2) is 169 Å². The van der Waals surface area contributed by atoms with E-state index in [1.807, 2.05) is 98.9 Å². The van der Waals surface area contributed by atoms with Gasteiger partial charge >= 0.3 is 0 Å². The molecule has 0 fully saturated rings. The maximum atomic E-state index is 12.0. The van der Waals surface area contributed by atoms with Gasteiger partial charge in [-0.15, -0.1) is 0 Å². The Morgan fingerprint density at radius 1 is 0.219 bits per heavy atom. The Labute approximate surface area is 924 Å². The number of rotatable bonds is 48. The van der Waals surface area contributed by atoms with Crippen LogP contribution in [0, 0.1) is 79.4 Å². The van der Waals surface area contributed by atoms with Gasteiger partial charge in [-0.05, 0) is 201 Å². The third kappa shape index (κ3) is 44.0. The van der Waals surface area contributed by atoms with Crippen LogP contribution < -0.4 is 119 Å². The minimum Gasteiger partial charge on any atom is -0.385 e. The smallest absolute Gasteiger partial charge is 0.224 e. The first-order valence-corrected chi connectivity index (χ1v) is 56.7. The quantitative estimate of drug-likeness (QED) is 0.0176. The van der Waals surface area contributed by atoms with Gasteiger partial charge in [0.15, 0.2) is 0 Å². The lowest BCUT2D eigenvalue weighted by atomic mass is 9.89. The van der Waals surface area contributed by atoms with Gasteiger partial charge in [0, 0.05) is 175 Å². The van der Waals surface area contributed by atoms with E-state index in [1.165, 1.54) is 51.4 Å². The van der Waals surface area contributed by atoms with Crippen molar-refractivity contribution in [2.45, 2.75) is 337 Å². The molecule has 8 rings (SSSR count). The Bertz CT molecular complexity index is 5940. The lowest BCUT2D eigenvalue weighted by molar-refractivity contribution is 0.358. The van der Waals surface area contributed by atoms with Crippen molar-refractivity contribution in [3.8, 4) is 0 Å². The topological polar surface area (TPSA) is 229 Å². The fourth-order valence-corrected chi connectivity index (χ4v) is 19.6. The molecule has 23 nitrogen and oxygen atoms in total. The van der Waals surface area contributed by atoms with Crippen LogP contribution in [0.15, 0.2) is 38.4 Å². The summed E-state index contributed by atoms with van der Waals surface area (Å²) < 4.78 is 3.90. The zero-order chi connectivity index (χ0) is 113. The summed E-state index contributed by atoms with van der Waals surface area (Å²) in [6.45, 7) is 80.5.